The molecule has 1 fully saturated rings. The number of hydrogen-bond acceptors (Lipinski definition) is 4. The Labute approximate surface area is 119 Å². The summed E-state index contributed by atoms with van der Waals surface area (Å²) in [6.45, 7) is 3.44. The Morgan fingerprint density at radius 3 is 2.85 bits per heavy atom. The molecule has 0 aromatic carbocycles. The molecule has 2 aromatic rings. The van der Waals surface area contributed by atoms with Crippen molar-refractivity contribution in [1.29, 1.82) is 0 Å². The minimum Gasteiger partial charge on any atom is -0.384 e. The van der Waals surface area contributed by atoms with Gasteiger partial charge in [-0.15, -0.1) is 0 Å². The van der Waals surface area contributed by atoms with Crippen molar-refractivity contribution in [2.75, 3.05) is 31.7 Å². The molecule has 3 rings (SSSR count). The highest BCUT2D eigenvalue weighted by atomic mass is 16.5. The van der Waals surface area contributed by atoms with Gasteiger partial charge >= 0.3 is 0 Å². The van der Waals surface area contributed by atoms with Crippen LogP contribution >= 0.6 is 0 Å². The molecule has 1 saturated heterocycles. The number of rotatable bonds is 4. The summed E-state index contributed by atoms with van der Waals surface area (Å²) in [4.78, 5) is 7.12. The van der Waals surface area contributed by atoms with Gasteiger partial charge in [0.2, 0.25) is 0 Å². The average molecular weight is 274 g/mol. The lowest BCUT2D eigenvalue weighted by atomic mass is 9.98. The van der Waals surface area contributed by atoms with E-state index in [1.807, 2.05) is 24.4 Å². The van der Waals surface area contributed by atoms with E-state index in [0.29, 0.717) is 12.5 Å². The van der Waals surface area contributed by atoms with Gasteiger partial charge in [0.05, 0.1) is 5.69 Å². The number of piperidine rings is 1. The molecule has 0 radical (unpaired) electrons. The monoisotopic (exact) mass is 274 g/mol. The number of fused-ring (bicyclic) bond motifs is 1. The second kappa shape index (κ2) is 5.81. The zero-order chi connectivity index (χ0) is 13.9. The summed E-state index contributed by atoms with van der Waals surface area (Å²) in [7, 11) is 1.78. The Kier molecular flexibility index (Phi) is 3.89. The van der Waals surface area contributed by atoms with Crippen molar-refractivity contribution in [2.24, 2.45) is 11.7 Å². The number of methoxy groups -OCH3 is 1. The first-order chi connectivity index (χ1) is 9.83. The molecule has 1 aliphatic heterocycles. The Bertz CT molecular complexity index is 572. The van der Waals surface area contributed by atoms with Gasteiger partial charge in [-0.3, -0.25) is 0 Å². The first-order valence-electron chi connectivity index (χ1n) is 7.23. The molecule has 2 aromatic heterocycles. The fourth-order valence-electron chi connectivity index (χ4n) is 3.02. The Morgan fingerprint density at radius 1 is 1.35 bits per heavy atom. The SMILES string of the molecule is COCC1CCN(c2nc3ccccn3c2CN)CC1. The van der Waals surface area contributed by atoms with E-state index in [0.717, 1.165) is 49.7 Å². The van der Waals surface area contributed by atoms with E-state index in [1.54, 1.807) is 7.11 Å². The number of imidazole rings is 1. The zero-order valence-electron chi connectivity index (χ0n) is 12.0. The summed E-state index contributed by atoms with van der Waals surface area (Å²) in [5.41, 5.74) is 8.01. The standard InChI is InChI=1S/C15H22N4O/c1-20-11-12-5-8-18(9-6-12)15-13(10-16)19-7-3-2-4-14(19)17-15/h2-4,7,12H,5-6,8-11,16H2,1H3. The summed E-state index contributed by atoms with van der Waals surface area (Å²) < 4.78 is 7.35. The van der Waals surface area contributed by atoms with E-state index in [2.05, 4.69) is 9.30 Å². The Balaban J connectivity index is 1.84. The van der Waals surface area contributed by atoms with Gasteiger partial charge in [0, 0.05) is 39.5 Å². The van der Waals surface area contributed by atoms with Gasteiger partial charge < -0.3 is 19.8 Å². The number of nitrogens with zero attached hydrogens (tertiary/aromatic N) is 3. The van der Waals surface area contributed by atoms with Crippen molar-refractivity contribution in [1.82, 2.24) is 9.38 Å². The first-order valence-corrected chi connectivity index (χ1v) is 7.23. The van der Waals surface area contributed by atoms with Crippen LogP contribution in [0.4, 0.5) is 5.82 Å². The summed E-state index contributed by atoms with van der Waals surface area (Å²) in [5.74, 6) is 1.73. The van der Waals surface area contributed by atoms with Crippen LogP contribution in [-0.2, 0) is 11.3 Å². The number of anilines is 1. The third kappa shape index (κ3) is 2.39. The van der Waals surface area contributed by atoms with Gasteiger partial charge in [-0.25, -0.2) is 4.98 Å². The molecule has 0 spiro atoms. The minimum absolute atomic E-state index is 0.512. The first kappa shape index (κ1) is 13.4. The van der Waals surface area contributed by atoms with Crippen LogP contribution in [0.5, 0.6) is 0 Å². The van der Waals surface area contributed by atoms with Crippen LogP contribution in [0.15, 0.2) is 24.4 Å². The fourth-order valence-corrected chi connectivity index (χ4v) is 3.02. The van der Waals surface area contributed by atoms with Gasteiger partial charge in [-0.2, -0.15) is 0 Å². The third-order valence-corrected chi connectivity index (χ3v) is 4.12. The van der Waals surface area contributed by atoms with E-state index >= 15 is 0 Å². The molecule has 0 unspecified atom stereocenters. The predicted molar refractivity (Wildman–Crippen MR) is 79.9 cm³/mol. The zero-order valence-corrected chi connectivity index (χ0v) is 12.0. The van der Waals surface area contributed by atoms with E-state index in [9.17, 15) is 0 Å². The number of aromatic nitrogens is 2. The molecule has 2 N–H and O–H groups in total. The van der Waals surface area contributed by atoms with E-state index in [1.165, 1.54) is 0 Å². The predicted octanol–water partition coefficient (Wildman–Crippen LogP) is 1.66. The van der Waals surface area contributed by atoms with Crippen LogP contribution < -0.4 is 10.6 Å². The van der Waals surface area contributed by atoms with E-state index in [4.69, 9.17) is 15.5 Å². The van der Waals surface area contributed by atoms with E-state index < -0.39 is 0 Å². The summed E-state index contributed by atoms with van der Waals surface area (Å²) in [6, 6.07) is 6.06. The maximum atomic E-state index is 5.94. The van der Waals surface area contributed by atoms with Crippen LogP contribution in [-0.4, -0.2) is 36.2 Å². The van der Waals surface area contributed by atoms with Crippen LogP contribution in [0, 0.1) is 5.92 Å². The molecule has 20 heavy (non-hydrogen) atoms. The maximum Gasteiger partial charge on any atom is 0.152 e. The number of nitrogens with two attached hydrogens (primary N) is 1. The molecule has 108 valence electrons. The highest BCUT2D eigenvalue weighted by molar-refractivity contribution is 5.56. The molecule has 0 saturated carbocycles. The fraction of sp³-hybridized carbons (Fsp3) is 0.533. The smallest absolute Gasteiger partial charge is 0.152 e. The molecule has 3 heterocycles. The normalized spacial score (nSPS) is 17.0. The second-order valence-electron chi connectivity index (χ2n) is 5.40. The highest BCUT2D eigenvalue weighted by Gasteiger charge is 2.23. The van der Waals surface area contributed by atoms with Gasteiger partial charge in [0.15, 0.2) is 5.82 Å². The second-order valence-corrected chi connectivity index (χ2v) is 5.40. The highest BCUT2D eigenvalue weighted by Crippen LogP contribution is 2.26. The quantitative estimate of drug-likeness (QED) is 0.921. The van der Waals surface area contributed by atoms with Crippen molar-refractivity contribution < 1.29 is 4.74 Å². The topological polar surface area (TPSA) is 55.8 Å². The summed E-state index contributed by atoms with van der Waals surface area (Å²) in [5, 5.41) is 0. The van der Waals surface area contributed by atoms with Crippen molar-refractivity contribution in [3.05, 3.63) is 30.1 Å². The van der Waals surface area contributed by atoms with Gasteiger partial charge in [-0.1, -0.05) is 6.07 Å². The van der Waals surface area contributed by atoms with Gasteiger partial charge in [-0.05, 0) is 30.9 Å². The lowest BCUT2D eigenvalue weighted by Gasteiger charge is -2.32. The molecule has 5 heteroatoms. The summed E-state index contributed by atoms with van der Waals surface area (Å²) >= 11 is 0. The Hall–Kier alpha value is -1.59. The van der Waals surface area contributed by atoms with Crippen LogP contribution in [0.3, 0.4) is 0 Å². The maximum absolute atomic E-state index is 5.94. The molecule has 0 aliphatic carbocycles. The summed E-state index contributed by atoms with van der Waals surface area (Å²) in [6.07, 6.45) is 4.35. The molecular formula is C15H22N4O. The third-order valence-electron chi connectivity index (χ3n) is 4.12. The number of ether oxygens (including phenoxy) is 1. The minimum atomic E-state index is 0.512. The van der Waals surface area contributed by atoms with Crippen LogP contribution in [0.25, 0.3) is 5.65 Å². The van der Waals surface area contributed by atoms with Crippen molar-refractivity contribution in [2.45, 2.75) is 19.4 Å². The average Bonchev–Trinajstić information content (AvgIpc) is 2.87. The van der Waals surface area contributed by atoms with Crippen molar-refractivity contribution in [3.63, 3.8) is 0 Å². The molecular weight excluding hydrogens is 252 g/mol. The Morgan fingerprint density at radius 2 is 2.15 bits per heavy atom. The molecule has 5 nitrogen and oxygen atoms in total. The van der Waals surface area contributed by atoms with Crippen LogP contribution in [0.2, 0.25) is 0 Å². The van der Waals surface area contributed by atoms with Crippen molar-refractivity contribution >= 4 is 11.5 Å². The lowest BCUT2D eigenvalue weighted by molar-refractivity contribution is 0.139. The number of hydrogen-bond donors (Lipinski definition) is 1. The van der Waals surface area contributed by atoms with Gasteiger partial charge in [0.1, 0.15) is 5.65 Å². The molecule has 0 atom stereocenters. The van der Waals surface area contributed by atoms with Gasteiger partial charge in [0.25, 0.3) is 0 Å². The molecule has 0 bridgehead atoms. The van der Waals surface area contributed by atoms with E-state index in [-0.39, 0.29) is 0 Å². The number of pyridine rings is 1. The molecule has 0 amide bonds. The van der Waals surface area contributed by atoms with Crippen LogP contribution in [0.1, 0.15) is 18.5 Å². The molecule has 1 aliphatic rings. The largest absolute Gasteiger partial charge is 0.384 e. The lowest BCUT2D eigenvalue weighted by Crippen LogP contribution is -2.36. The van der Waals surface area contributed by atoms with Crippen molar-refractivity contribution in [3.8, 4) is 0 Å².